The van der Waals surface area contributed by atoms with Gasteiger partial charge in [0, 0.05) is 30.1 Å². The van der Waals surface area contributed by atoms with Gasteiger partial charge >= 0.3 is 0 Å². The lowest BCUT2D eigenvalue weighted by atomic mass is 10.2. The van der Waals surface area contributed by atoms with E-state index in [-0.39, 0.29) is 30.7 Å². The van der Waals surface area contributed by atoms with Crippen LogP contribution < -0.4 is 10.6 Å². The molecule has 0 bridgehead atoms. The van der Waals surface area contributed by atoms with Crippen LogP contribution in [0.1, 0.15) is 35.5 Å². The maximum absolute atomic E-state index is 13.8. The minimum atomic E-state index is -0.390. The Morgan fingerprint density at radius 3 is 2.76 bits per heavy atom. The van der Waals surface area contributed by atoms with Crippen LogP contribution in [0.15, 0.2) is 59.1 Å². The zero-order valence-electron chi connectivity index (χ0n) is 15.7. The Morgan fingerprint density at radius 2 is 1.97 bits per heavy atom. The summed E-state index contributed by atoms with van der Waals surface area (Å²) in [6.45, 7) is 0. The highest BCUT2D eigenvalue weighted by molar-refractivity contribution is 5.97. The number of halogens is 1. The summed E-state index contributed by atoms with van der Waals surface area (Å²) in [6, 6.07) is 13.4. The maximum Gasteiger partial charge on any atom is 0.251 e. The first-order valence-electron chi connectivity index (χ1n) is 9.49. The molecule has 2 N–H and O–H groups in total. The second-order valence-corrected chi connectivity index (χ2v) is 6.97. The highest BCUT2D eigenvalue weighted by Gasteiger charge is 2.23. The molecule has 0 saturated heterocycles. The van der Waals surface area contributed by atoms with Crippen LogP contribution in [0, 0.1) is 5.82 Å². The average molecular weight is 393 g/mol. The second kappa shape index (κ2) is 8.26. The van der Waals surface area contributed by atoms with Gasteiger partial charge in [-0.05, 0) is 43.2 Å². The molecule has 1 aliphatic carbocycles. The number of nitrogens with zero attached hydrogens (tertiary/aromatic N) is 1. The molecule has 0 aliphatic heterocycles. The van der Waals surface area contributed by atoms with Gasteiger partial charge < -0.3 is 15.1 Å². The number of aromatic nitrogens is 1. The van der Waals surface area contributed by atoms with Crippen molar-refractivity contribution in [2.24, 2.45) is 0 Å². The van der Waals surface area contributed by atoms with E-state index < -0.39 is 5.82 Å². The third kappa shape index (κ3) is 4.87. The van der Waals surface area contributed by atoms with E-state index in [1.807, 2.05) is 0 Å². The molecule has 3 aromatic rings. The highest BCUT2D eigenvalue weighted by Crippen LogP contribution is 2.24. The zero-order chi connectivity index (χ0) is 20.2. The monoisotopic (exact) mass is 393 g/mol. The van der Waals surface area contributed by atoms with Gasteiger partial charge in [-0.1, -0.05) is 18.2 Å². The highest BCUT2D eigenvalue weighted by atomic mass is 19.1. The van der Waals surface area contributed by atoms with Gasteiger partial charge in [0.1, 0.15) is 5.82 Å². The van der Waals surface area contributed by atoms with Gasteiger partial charge in [-0.3, -0.25) is 9.59 Å². The van der Waals surface area contributed by atoms with Crippen molar-refractivity contribution in [3.05, 3.63) is 72.0 Å². The number of rotatable bonds is 7. The van der Waals surface area contributed by atoms with Gasteiger partial charge in [-0.15, -0.1) is 0 Å². The van der Waals surface area contributed by atoms with E-state index in [2.05, 4.69) is 15.6 Å². The van der Waals surface area contributed by atoms with E-state index in [4.69, 9.17) is 4.42 Å². The molecule has 0 atom stereocenters. The fourth-order valence-corrected chi connectivity index (χ4v) is 2.89. The molecule has 1 heterocycles. The number of amides is 2. The summed E-state index contributed by atoms with van der Waals surface area (Å²) < 4.78 is 19.4. The summed E-state index contributed by atoms with van der Waals surface area (Å²) in [5, 5.41) is 5.69. The molecule has 4 rings (SSSR count). The Balaban J connectivity index is 1.32. The summed E-state index contributed by atoms with van der Waals surface area (Å²) in [4.78, 5) is 28.5. The number of oxazole rings is 1. The van der Waals surface area contributed by atoms with Crippen molar-refractivity contribution in [1.82, 2.24) is 10.3 Å². The van der Waals surface area contributed by atoms with Gasteiger partial charge in [0.2, 0.25) is 5.91 Å². The first-order chi connectivity index (χ1) is 14.1. The molecular weight excluding hydrogens is 373 g/mol. The number of nitrogens with one attached hydrogen (secondary N) is 2. The normalized spacial score (nSPS) is 13.1. The lowest BCUT2D eigenvalue weighted by Crippen LogP contribution is -2.25. The van der Waals surface area contributed by atoms with Crippen LogP contribution in [0.4, 0.5) is 10.1 Å². The van der Waals surface area contributed by atoms with E-state index in [0.717, 1.165) is 12.8 Å². The molecule has 148 valence electrons. The van der Waals surface area contributed by atoms with Gasteiger partial charge in [0.05, 0.1) is 11.8 Å². The van der Waals surface area contributed by atoms with Crippen LogP contribution in [0.25, 0.3) is 11.3 Å². The molecule has 0 spiro atoms. The van der Waals surface area contributed by atoms with E-state index >= 15 is 0 Å². The molecule has 2 aromatic carbocycles. The van der Waals surface area contributed by atoms with Crippen molar-refractivity contribution in [3.63, 3.8) is 0 Å². The molecule has 29 heavy (non-hydrogen) atoms. The Hall–Kier alpha value is -3.48. The number of aryl methyl sites for hydroxylation is 1. The quantitative estimate of drug-likeness (QED) is 0.637. The van der Waals surface area contributed by atoms with Gasteiger partial charge in [-0.25, -0.2) is 9.37 Å². The molecule has 1 aliphatic rings. The van der Waals surface area contributed by atoms with E-state index in [0.29, 0.717) is 28.5 Å². The molecule has 1 aromatic heterocycles. The van der Waals surface area contributed by atoms with E-state index in [9.17, 15) is 14.0 Å². The van der Waals surface area contributed by atoms with Crippen LogP contribution in [0.3, 0.4) is 0 Å². The lowest BCUT2D eigenvalue weighted by molar-refractivity contribution is -0.116. The van der Waals surface area contributed by atoms with E-state index in [1.54, 1.807) is 42.5 Å². The Kier molecular flexibility index (Phi) is 5.37. The Labute approximate surface area is 167 Å². The first-order valence-corrected chi connectivity index (χ1v) is 9.49. The number of anilines is 1. The summed E-state index contributed by atoms with van der Waals surface area (Å²) >= 11 is 0. The fraction of sp³-hybridized carbons (Fsp3) is 0.227. The van der Waals surface area contributed by atoms with Crippen LogP contribution >= 0.6 is 0 Å². The number of hydrogen-bond donors (Lipinski definition) is 2. The Bertz CT molecular complexity index is 1040. The number of carbonyl (C=O) groups excluding carboxylic acids is 2. The summed E-state index contributed by atoms with van der Waals surface area (Å²) in [5.41, 5.74) is 1.40. The van der Waals surface area contributed by atoms with Crippen LogP contribution in [-0.2, 0) is 11.2 Å². The lowest BCUT2D eigenvalue weighted by Gasteiger charge is -2.07. The fourth-order valence-electron chi connectivity index (χ4n) is 2.89. The van der Waals surface area contributed by atoms with Crippen molar-refractivity contribution in [2.75, 3.05) is 5.32 Å². The maximum atomic E-state index is 13.8. The van der Waals surface area contributed by atoms with Crippen molar-refractivity contribution >= 4 is 17.5 Å². The van der Waals surface area contributed by atoms with Crippen molar-refractivity contribution in [2.45, 2.75) is 31.7 Å². The van der Waals surface area contributed by atoms with Crippen molar-refractivity contribution < 1.29 is 18.4 Å². The molecule has 2 amide bonds. The number of carbonyl (C=O) groups is 2. The van der Waals surface area contributed by atoms with Gasteiger partial charge in [0.15, 0.2) is 11.7 Å². The first kappa shape index (κ1) is 18.9. The molecule has 0 unspecified atom stereocenters. The standard InChI is InChI=1S/C22H20FN3O3/c23-18-7-2-1-6-17(18)19-13-24-21(29-19)11-10-20(27)25-16-5-3-4-14(12-16)22(28)26-15-8-9-15/h1-7,12-13,15H,8-11H2,(H,25,27)(H,26,28). The third-order valence-electron chi connectivity index (χ3n) is 4.58. The predicted molar refractivity (Wildman–Crippen MR) is 106 cm³/mol. The summed E-state index contributed by atoms with van der Waals surface area (Å²) in [6.07, 6.45) is 3.91. The summed E-state index contributed by atoms with van der Waals surface area (Å²) in [5.74, 6) is -0.0677. The minimum Gasteiger partial charge on any atom is -0.441 e. The molecule has 0 radical (unpaired) electrons. The molecule has 6 nitrogen and oxygen atoms in total. The van der Waals surface area contributed by atoms with Crippen LogP contribution in [-0.4, -0.2) is 22.8 Å². The molecular formula is C22H20FN3O3. The van der Waals surface area contributed by atoms with Gasteiger partial charge in [0.25, 0.3) is 5.91 Å². The number of hydrogen-bond acceptors (Lipinski definition) is 4. The van der Waals surface area contributed by atoms with E-state index in [1.165, 1.54) is 12.3 Å². The number of benzene rings is 2. The van der Waals surface area contributed by atoms with Crippen molar-refractivity contribution in [3.8, 4) is 11.3 Å². The van der Waals surface area contributed by atoms with Crippen molar-refractivity contribution in [1.29, 1.82) is 0 Å². The second-order valence-electron chi connectivity index (χ2n) is 6.97. The predicted octanol–water partition coefficient (Wildman–Crippen LogP) is 3.94. The molecule has 1 fully saturated rings. The minimum absolute atomic E-state index is 0.135. The zero-order valence-corrected chi connectivity index (χ0v) is 15.7. The average Bonchev–Trinajstić information content (AvgIpc) is 3.41. The molecule has 7 heteroatoms. The summed E-state index contributed by atoms with van der Waals surface area (Å²) in [7, 11) is 0. The molecule has 1 saturated carbocycles. The smallest absolute Gasteiger partial charge is 0.251 e. The third-order valence-corrected chi connectivity index (χ3v) is 4.58. The van der Waals surface area contributed by atoms with Gasteiger partial charge in [-0.2, -0.15) is 0 Å². The topological polar surface area (TPSA) is 84.2 Å². The Morgan fingerprint density at radius 1 is 1.14 bits per heavy atom. The van der Waals surface area contributed by atoms with Crippen LogP contribution in [0.5, 0.6) is 0 Å². The van der Waals surface area contributed by atoms with Crippen LogP contribution in [0.2, 0.25) is 0 Å². The largest absolute Gasteiger partial charge is 0.441 e. The SMILES string of the molecule is O=C(CCc1ncc(-c2ccccc2F)o1)Nc1cccc(C(=O)NC2CC2)c1.